The van der Waals surface area contributed by atoms with Crippen molar-refractivity contribution in [2.45, 2.75) is 19.9 Å². The molecule has 0 amide bonds. The molecule has 3 aromatic rings. The average Bonchev–Trinajstić information content (AvgIpc) is 3.22. The number of anilines is 1. The van der Waals surface area contributed by atoms with Crippen molar-refractivity contribution in [2.24, 2.45) is 0 Å². The Bertz CT molecular complexity index is 967. The molecule has 3 heterocycles. The van der Waals surface area contributed by atoms with Gasteiger partial charge in [0, 0.05) is 56.9 Å². The summed E-state index contributed by atoms with van der Waals surface area (Å²) < 4.78 is 18.8. The van der Waals surface area contributed by atoms with Gasteiger partial charge in [-0.3, -0.25) is 4.90 Å². The van der Waals surface area contributed by atoms with Crippen molar-refractivity contribution in [3.05, 3.63) is 53.9 Å². The van der Waals surface area contributed by atoms with Gasteiger partial charge in [0.05, 0.1) is 12.7 Å². The van der Waals surface area contributed by atoms with E-state index < -0.39 is 5.95 Å². The van der Waals surface area contributed by atoms with Gasteiger partial charge >= 0.3 is 0 Å². The Morgan fingerprint density at radius 2 is 1.97 bits per heavy atom. The summed E-state index contributed by atoms with van der Waals surface area (Å²) in [5.41, 5.74) is 3.28. The monoisotopic (exact) mass is 396 g/mol. The molecule has 1 aliphatic heterocycles. The molecule has 1 fully saturated rings. The van der Waals surface area contributed by atoms with Gasteiger partial charge in [-0.05, 0) is 24.1 Å². The lowest BCUT2D eigenvalue weighted by Crippen LogP contribution is -2.46. The van der Waals surface area contributed by atoms with Crippen molar-refractivity contribution in [1.29, 1.82) is 0 Å². The number of H-pyrrole nitrogens is 1. The third-order valence-electron chi connectivity index (χ3n) is 5.21. The van der Waals surface area contributed by atoms with Crippen LogP contribution in [0.4, 0.5) is 10.3 Å². The van der Waals surface area contributed by atoms with Crippen LogP contribution in [0.1, 0.15) is 18.2 Å². The highest BCUT2D eigenvalue weighted by molar-refractivity contribution is 5.65. The van der Waals surface area contributed by atoms with E-state index in [1.807, 2.05) is 17.2 Å². The van der Waals surface area contributed by atoms with E-state index in [-0.39, 0.29) is 0 Å². The Hall–Kier alpha value is -3.00. The second kappa shape index (κ2) is 8.57. The van der Waals surface area contributed by atoms with Gasteiger partial charge in [-0.2, -0.15) is 9.37 Å². The van der Waals surface area contributed by atoms with E-state index in [4.69, 9.17) is 4.74 Å². The number of nitrogens with one attached hydrogen (secondary N) is 1. The molecule has 0 bridgehead atoms. The molecule has 1 N–H and O–H groups in total. The number of hydrogen-bond acceptors (Lipinski definition) is 6. The van der Waals surface area contributed by atoms with Crippen LogP contribution in [0.25, 0.3) is 11.4 Å². The number of hydrogen-bond donors (Lipinski definition) is 1. The topological polar surface area (TPSA) is 70.2 Å². The zero-order valence-corrected chi connectivity index (χ0v) is 16.7. The fourth-order valence-corrected chi connectivity index (χ4v) is 3.56. The smallest absolute Gasteiger partial charge is 0.228 e. The molecular formula is C21H25FN6O. The maximum atomic E-state index is 13.3. The molecular weight excluding hydrogens is 371 g/mol. The van der Waals surface area contributed by atoms with Gasteiger partial charge in [0.15, 0.2) is 0 Å². The highest BCUT2D eigenvalue weighted by atomic mass is 19.1. The molecule has 1 saturated heterocycles. The molecule has 29 heavy (non-hydrogen) atoms. The lowest BCUT2D eigenvalue weighted by Gasteiger charge is -2.34. The molecule has 7 nitrogen and oxygen atoms in total. The largest absolute Gasteiger partial charge is 0.496 e. The van der Waals surface area contributed by atoms with E-state index in [1.54, 1.807) is 7.11 Å². The minimum Gasteiger partial charge on any atom is -0.496 e. The SMILES string of the molecule is CCc1ccc(OC)c(-c2ncc(CN3CCN(c4nccc(F)n4)CC3)[nH]2)c1. The van der Waals surface area contributed by atoms with Crippen molar-refractivity contribution in [1.82, 2.24) is 24.8 Å². The number of aromatic amines is 1. The van der Waals surface area contributed by atoms with E-state index in [1.165, 1.54) is 17.8 Å². The summed E-state index contributed by atoms with van der Waals surface area (Å²) in [5, 5.41) is 0. The summed E-state index contributed by atoms with van der Waals surface area (Å²) in [6, 6.07) is 7.46. The van der Waals surface area contributed by atoms with Crippen LogP contribution in [0.3, 0.4) is 0 Å². The van der Waals surface area contributed by atoms with Crippen LogP contribution in [0.15, 0.2) is 36.7 Å². The van der Waals surface area contributed by atoms with Gasteiger partial charge in [-0.1, -0.05) is 13.0 Å². The first-order chi connectivity index (χ1) is 14.2. The summed E-state index contributed by atoms with van der Waals surface area (Å²) in [6.45, 7) is 6.13. The quantitative estimate of drug-likeness (QED) is 0.646. The predicted octanol–water partition coefficient (Wildman–Crippen LogP) is 2.90. The number of methoxy groups -OCH3 is 1. The summed E-state index contributed by atoms with van der Waals surface area (Å²) in [6.07, 6.45) is 4.30. The zero-order valence-electron chi connectivity index (χ0n) is 16.7. The van der Waals surface area contributed by atoms with Crippen molar-refractivity contribution in [2.75, 3.05) is 38.2 Å². The van der Waals surface area contributed by atoms with Crippen LogP contribution in [0.2, 0.25) is 0 Å². The zero-order chi connectivity index (χ0) is 20.2. The minimum absolute atomic E-state index is 0.455. The Kier molecular flexibility index (Phi) is 5.71. The maximum Gasteiger partial charge on any atom is 0.228 e. The van der Waals surface area contributed by atoms with Gasteiger partial charge in [-0.25, -0.2) is 9.97 Å². The molecule has 2 aromatic heterocycles. The Labute approximate surface area is 169 Å². The van der Waals surface area contributed by atoms with Crippen LogP contribution >= 0.6 is 0 Å². The first kappa shape index (κ1) is 19.3. The van der Waals surface area contributed by atoms with Gasteiger partial charge in [0.1, 0.15) is 11.6 Å². The van der Waals surface area contributed by atoms with E-state index in [2.05, 4.69) is 43.9 Å². The van der Waals surface area contributed by atoms with E-state index in [0.717, 1.165) is 62.0 Å². The number of benzene rings is 1. The van der Waals surface area contributed by atoms with E-state index >= 15 is 0 Å². The van der Waals surface area contributed by atoms with Crippen LogP contribution in [0.5, 0.6) is 5.75 Å². The molecule has 0 atom stereocenters. The van der Waals surface area contributed by atoms with Gasteiger partial charge in [0.25, 0.3) is 0 Å². The standard InChI is InChI=1S/C21H25FN6O/c1-3-15-4-5-18(29-2)17(12-15)20-24-13-16(25-20)14-27-8-10-28(11-9-27)21-23-7-6-19(22)26-21/h4-7,12-13H,3,8-11,14H2,1-2H3,(H,24,25). The average molecular weight is 396 g/mol. The van der Waals surface area contributed by atoms with Gasteiger partial charge in [-0.15, -0.1) is 0 Å². The number of imidazole rings is 1. The van der Waals surface area contributed by atoms with E-state index in [9.17, 15) is 4.39 Å². The molecule has 152 valence electrons. The fourth-order valence-electron chi connectivity index (χ4n) is 3.56. The molecule has 1 aromatic carbocycles. The van der Waals surface area contributed by atoms with Crippen molar-refractivity contribution in [3.63, 3.8) is 0 Å². The number of nitrogens with zero attached hydrogens (tertiary/aromatic N) is 5. The molecule has 0 radical (unpaired) electrons. The Morgan fingerprint density at radius 1 is 1.14 bits per heavy atom. The number of aromatic nitrogens is 4. The third-order valence-corrected chi connectivity index (χ3v) is 5.21. The van der Waals surface area contributed by atoms with Gasteiger partial charge < -0.3 is 14.6 Å². The molecule has 0 aliphatic carbocycles. The summed E-state index contributed by atoms with van der Waals surface area (Å²) in [4.78, 5) is 20.4. The van der Waals surface area contributed by atoms with E-state index in [0.29, 0.717) is 5.95 Å². The first-order valence-electron chi connectivity index (χ1n) is 9.83. The van der Waals surface area contributed by atoms with Crippen LogP contribution < -0.4 is 9.64 Å². The van der Waals surface area contributed by atoms with Crippen molar-refractivity contribution >= 4 is 5.95 Å². The fraction of sp³-hybridized carbons (Fsp3) is 0.381. The van der Waals surface area contributed by atoms with Crippen molar-refractivity contribution < 1.29 is 9.13 Å². The predicted molar refractivity (Wildman–Crippen MR) is 109 cm³/mol. The summed E-state index contributed by atoms with van der Waals surface area (Å²) in [7, 11) is 1.68. The van der Waals surface area contributed by atoms with Crippen molar-refractivity contribution in [3.8, 4) is 17.1 Å². The lowest BCUT2D eigenvalue weighted by molar-refractivity contribution is 0.246. The molecule has 0 saturated carbocycles. The number of rotatable bonds is 6. The number of aryl methyl sites for hydroxylation is 1. The minimum atomic E-state index is -0.495. The highest BCUT2D eigenvalue weighted by Crippen LogP contribution is 2.29. The Morgan fingerprint density at radius 3 is 2.69 bits per heavy atom. The van der Waals surface area contributed by atoms with Crippen LogP contribution in [-0.4, -0.2) is 58.1 Å². The molecule has 4 rings (SSSR count). The Balaban J connectivity index is 1.40. The molecule has 0 spiro atoms. The maximum absolute atomic E-state index is 13.3. The summed E-state index contributed by atoms with van der Waals surface area (Å²) in [5.74, 6) is 1.59. The number of ether oxygens (including phenoxy) is 1. The number of halogens is 1. The van der Waals surface area contributed by atoms with Crippen LogP contribution in [0, 0.1) is 5.95 Å². The lowest BCUT2D eigenvalue weighted by atomic mass is 10.1. The molecule has 1 aliphatic rings. The van der Waals surface area contributed by atoms with Gasteiger partial charge in [0.2, 0.25) is 11.9 Å². The molecule has 0 unspecified atom stereocenters. The molecule has 8 heteroatoms. The normalized spacial score (nSPS) is 14.9. The second-order valence-electron chi connectivity index (χ2n) is 7.09. The first-order valence-corrected chi connectivity index (χ1v) is 9.83. The van der Waals surface area contributed by atoms with Crippen LogP contribution in [-0.2, 0) is 13.0 Å². The highest BCUT2D eigenvalue weighted by Gasteiger charge is 2.20. The third kappa shape index (κ3) is 4.37. The summed E-state index contributed by atoms with van der Waals surface area (Å²) >= 11 is 0. The second-order valence-corrected chi connectivity index (χ2v) is 7.09. The number of piperazine rings is 1.